The van der Waals surface area contributed by atoms with Crippen LogP contribution >= 0.6 is 0 Å². The highest BCUT2D eigenvalue weighted by atomic mass is 14.6. The Hall–Kier alpha value is -0.260. The van der Waals surface area contributed by atoms with Gasteiger partial charge in [0.15, 0.2) is 0 Å². The van der Waals surface area contributed by atoms with Crippen molar-refractivity contribution < 1.29 is 0 Å². The minimum absolute atomic E-state index is 0.546. The highest BCUT2D eigenvalue weighted by molar-refractivity contribution is 5.23. The first-order valence-electron chi connectivity index (χ1n) is 14.0. The quantitative estimate of drug-likeness (QED) is 0.310. The normalized spacial score (nSPS) is 42.9. The Labute approximate surface area is 190 Å². The molecule has 30 heavy (non-hydrogen) atoms. The van der Waals surface area contributed by atoms with Crippen LogP contribution in [0.5, 0.6) is 0 Å². The molecular formula is C30H54. The summed E-state index contributed by atoms with van der Waals surface area (Å²) in [5.74, 6) is 5.87. The summed E-state index contributed by atoms with van der Waals surface area (Å²) >= 11 is 0. The smallest absolute Gasteiger partial charge is 0.00852 e. The van der Waals surface area contributed by atoms with Crippen LogP contribution in [0, 0.1) is 46.3 Å². The van der Waals surface area contributed by atoms with Crippen LogP contribution in [-0.2, 0) is 0 Å². The average molecular weight is 415 g/mol. The Kier molecular flexibility index (Phi) is 8.23. The number of hydrogen-bond donors (Lipinski definition) is 0. The van der Waals surface area contributed by atoms with Gasteiger partial charge in [0.25, 0.3) is 0 Å². The molecule has 4 rings (SSSR count). The fourth-order valence-electron chi connectivity index (χ4n) is 8.51. The molecule has 7 atom stereocenters. The first-order valence-corrected chi connectivity index (χ1v) is 14.0. The summed E-state index contributed by atoms with van der Waals surface area (Å²) in [5, 5.41) is 0. The average Bonchev–Trinajstić information content (AvgIpc) is 2.98. The summed E-state index contributed by atoms with van der Waals surface area (Å²) in [7, 11) is 0. The van der Waals surface area contributed by atoms with E-state index in [9.17, 15) is 0 Å². The van der Waals surface area contributed by atoms with Gasteiger partial charge in [0.05, 0.1) is 0 Å². The lowest BCUT2D eigenvalue weighted by Crippen LogP contribution is -2.48. The van der Waals surface area contributed by atoms with E-state index < -0.39 is 0 Å². The molecule has 0 aromatic carbocycles. The highest BCUT2D eigenvalue weighted by Gasteiger charge is 2.57. The number of hydrogen-bond acceptors (Lipinski definition) is 0. The van der Waals surface area contributed by atoms with Gasteiger partial charge >= 0.3 is 0 Å². The first kappa shape index (κ1) is 24.4. The summed E-state index contributed by atoms with van der Waals surface area (Å²) in [5.41, 5.74) is 3.09. The molecule has 4 aliphatic carbocycles. The summed E-state index contributed by atoms with van der Waals surface area (Å²) in [6.45, 7) is 16.7. The third-order valence-electron chi connectivity index (χ3n) is 10.5. The van der Waals surface area contributed by atoms with Crippen LogP contribution in [0.15, 0.2) is 11.6 Å². The SMILES string of the molecule is CC.CC(C)CCCCC1CCC2C3CC=C4CC[C@@H](C)CC[C@]4(C)C3CC[C@]12C. The highest BCUT2D eigenvalue weighted by Crippen LogP contribution is 2.66. The molecule has 0 saturated heterocycles. The minimum atomic E-state index is 0.546. The van der Waals surface area contributed by atoms with E-state index in [1.54, 1.807) is 6.42 Å². The van der Waals surface area contributed by atoms with Gasteiger partial charge in [-0.15, -0.1) is 0 Å². The van der Waals surface area contributed by atoms with E-state index in [0.717, 1.165) is 35.5 Å². The van der Waals surface area contributed by atoms with Gasteiger partial charge in [-0.25, -0.2) is 0 Å². The van der Waals surface area contributed by atoms with Gasteiger partial charge in [-0.3, -0.25) is 0 Å². The van der Waals surface area contributed by atoms with Gasteiger partial charge in [0, 0.05) is 0 Å². The number of unbranched alkanes of at least 4 members (excludes halogenated alkanes) is 1. The van der Waals surface area contributed by atoms with Gasteiger partial charge in [-0.1, -0.05) is 79.4 Å². The third-order valence-corrected chi connectivity index (χ3v) is 10.5. The Morgan fingerprint density at radius 3 is 2.43 bits per heavy atom. The lowest BCUT2D eigenvalue weighted by Gasteiger charge is -2.56. The predicted octanol–water partition coefficient (Wildman–Crippen LogP) is 9.83. The van der Waals surface area contributed by atoms with Crippen molar-refractivity contribution in [1.82, 2.24) is 0 Å². The molecule has 0 N–H and O–H groups in total. The number of fused-ring (bicyclic) bond motifs is 5. The van der Waals surface area contributed by atoms with E-state index in [0.29, 0.717) is 10.8 Å². The Bertz CT molecular complexity index is 571. The van der Waals surface area contributed by atoms with Crippen LogP contribution in [0.25, 0.3) is 0 Å². The van der Waals surface area contributed by atoms with Crippen LogP contribution in [-0.4, -0.2) is 0 Å². The molecular weight excluding hydrogens is 360 g/mol. The van der Waals surface area contributed by atoms with E-state index >= 15 is 0 Å². The maximum Gasteiger partial charge on any atom is -0.00852 e. The number of rotatable bonds is 5. The maximum absolute atomic E-state index is 2.76. The standard InChI is InChI=1S/C28H48.C2H6/c1-20(2)8-6-7-9-22-13-15-25-24-14-12-23-11-10-21(3)16-18-27(23,4)26(24)17-19-28(22,25)5;1-2/h12,20-22,24-26H,6-11,13-19H2,1-5H3;1-2H3/t21-,22?,24?,25?,26?,27+,28-;/m1./s1. The lowest BCUT2D eigenvalue weighted by molar-refractivity contribution is -0.0383. The van der Waals surface area contributed by atoms with Gasteiger partial charge in [-0.05, 0) is 111 Å². The molecule has 3 fully saturated rings. The van der Waals surface area contributed by atoms with E-state index in [4.69, 9.17) is 0 Å². The predicted molar refractivity (Wildman–Crippen MR) is 134 cm³/mol. The summed E-state index contributed by atoms with van der Waals surface area (Å²) in [6.07, 6.45) is 22.0. The zero-order chi connectivity index (χ0) is 21.9. The monoisotopic (exact) mass is 414 g/mol. The molecule has 0 spiro atoms. The molecule has 4 unspecified atom stereocenters. The maximum atomic E-state index is 2.76. The molecule has 0 bridgehead atoms. The molecule has 4 aliphatic rings. The number of allylic oxidation sites excluding steroid dienone is 2. The Balaban J connectivity index is 0.00000124. The molecule has 0 nitrogen and oxygen atoms in total. The fraction of sp³-hybridized carbons (Fsp3) is 0.933. The molecule has 0 heteroatoms. The van der Waals surface area contributed by atoms with Gasteiger partial charge in [-0.2, -0.15) is 0 Å². The first-order chi connectivity index (χ1) is 14.3. The van der Waals surface area contributed by atoms with Crippen LogP contribution < -0.4 is 0 Å². The van der Waals surface area contributed by atoms with Crippen molar-refractivity contribution in [2.75, 3.05) is 0 Å². The van der Waals surface area contributed by atoms with Crippen LogP contribution in [0.4, 0.5) is 0 Å². The van der Waals surface area contributed by atoms with Gasteiger partial charge < -0.3 is 0 Å². The summed E-state index contributed by atoms with van der Waals surface area (Å²) < 4.78 is 0. The zero-order valence-electron chi connectivity index (χ0n) is 21.7. The van der Waals surface area contributed by atoms with Crippen molar-refractivity contribution in [3.8, 4) is 0 Å². The Morgan fingerprint density at radius 2 is 1.70 bits per heavy atom. The van der Waals surface area contributed by atoms with Crippen molar-refractivity contribution in [2.45, 2.75) is 132 Å². The van der Waals surface area contributed by atoms with E-state index in [1.165, 1.54) is 77.0 Å². The van der Waals surface area contributed by atoms with Crippen molar-refractivity contribution >= 4 is 0 Å². The van der Waals surface area contributed by atoms with E-state index in [-0.39, 0.29) is 0 Å². The third kappa shape index (κ3) is 4.59. The minimum Gasteiger partial charge on any atom is -0.0845 e. The molecule has 3 saturated carbocycles. The molecule has 0 aliphatic heterocycles. The second-order valence-electron chi connectivity index (χ2n) is 12.4. The van der Waals surface area contributed by atoms with Crippen molar-refractivity contribution in [1.29, 1.82) is 0 Å². The van der Waals surface area contributed by atoms with Crippen LogP contribution in [0.3, 0.4) is 0 Å². The van der Waals surface area contributed by atoms with Crippen LogP contribution in [0.2, 0.25) is 0 Å². The molecule has 0 heterocycles. The Morgan fingerprint density at radius 1 is 0.933 bits per heavy atom. The zero-order valence-corrected chi connectivity index (χ0v) is 21.7. The topological polar surface area (TPSA) is 0 Å². The molecule has 0 aromatic rings. The second kappa shape index (κ2) is 10.1. The fourth-order valence-corrected chi connectivity index (χ4v) is 8.51. The van der Waals surface area contributed by atoms with E-state index in [1.807, 2.05) is 19.4 Å². The van der Waals surface area contributed by atoms with Crippen molar-refractivity contribution in [3.63, 3.8) is 0 Å². The largest absolute Gasteiger partial charge is 0.0845 e. The lowest BCUT2D eigenvalue weighted by atomic mass is 9.48. The molecule has 0 amide bonds. The molecule has 0 radical (unpaired) electrons. The second-order valence-corrected chi connectivity index (χ2v) is 12.4. The van der Waals surface area contributed by atoms with Crippen molar-refractivity contribution in [3.05, 3.63) is 11.6 Å². The van der Waals surface area contributed by atoms with Gasteiger partial charge in [0.1, 0.15) is 0 Å². The van der Waals surface area contributed by atoms with E-state index in [2.05, 4.69) is 40.7 Å². The molecule has 0 aromatic heterocycles. The molecule has 174 valence electrons. The summed E-state index contributed by atoms with van der Waals surface area (Å²) in [6, 6.07) is 0. The summed E-state index contributed by atoms with van der Waals surface area (Å²) in [4.78, 5) is 0. The van der Waals surface area contributed by atoms with Crippen molar-refractivity contribution in [2.24, 2.45) is 46.3 Å². The van der Waals surface area contributed by atoms with Gasteiger partial charge in [0.2, 0.25) is 0 Å². The van der Waals surface area contributed by atoms with Crippen LogP contribution in [0.1, 0.15) is 132 Å².